The van der Waals surface area contributed by atoms with Crippen molar-refractivity contribution < 1.29 is 9.84 Å². The fraction of sp³-hybridized carbons (Fsp3) is 0.250. The standard InChI is InChI=1S/C20H20Cl2N2O2/c1-12-10-17(14-4-3-5-19(26-2)20(14)24-12)23-9-8-18(25)13-6-7-15(21)16(22)11-13/h3-7,10-11,18,25H,8-9H2,1-2H3,(H,23,24). The molecule has 4 nitrogen and oxygen atoms in total. The maximum atomic E-state index is 10.4. The van der Waals surface area contributed by atoms with Gasteiger partial charge in [0.15, 0.2) is 0 Å². The lowest BCUT2D eigenvalue weighted by molar-refractivity contribution is 0.171. The highest BCUT2D eigenvalue weighted by Crippen LogP contribution is 2.30. The van der Waals surface area contributed by atoms with Crippen molar-refractivity contribution in [2.75, 3.05) is 19.0 Å². The van der Waals surface area contributed by atoms with E-state index in [-0.39, 0.29) is 0 Å². The smallest absolute Gasteiger partial charge is 0.145 e. The van der Waals surface area contributed by atoms with Crippen molar-refractivity contribution in [1.82, 2.24) is 4.98 Å². The Balaban J connectivity index is 1.74. The van der Waals surface area contributed by atoms with E-state index in [9.17, 15) is 5.11 Å². The first-order valence-corrected chi connectivity index (χ1v) is 9.06. The van der Waals surface area contributed by atoms with Crippen LogP contribution in [0.25, 0.3) is 10.9 Å². The molecule has 0 saturated heterocycles. The number of hydrogen-bond donors (Lipinski definition) is 2. The van der Waals surface area contributed by atoms with Gasteiger partial charge in [-0.2, -0.15) is 0 Å². The van der Waals surface area contributed by atoms with Crippen molar-refractivity contribution in [2.45, 2.75) is 19.4 Å². The minimum absolute atomic E-state index is 0.444. The van der Waals surface area contributed by atoms with Gasteiger partial charge in [-0.3, -0.25) is 0 Å². The second kappa shape index (κ2) is 8.12. The van der Waals surface area contributed by atoms with Gasteiger partial charge in [0.05, 0.1) is 23.3 Å². The maximum absolute atomic E-state index is 10.4. The Labute approximate surface area is 162 Å². The summed E-state index contributed by atoms with van der Waals surface area (Å²) in [7, 11) is 1.64. The van der Waals surface area contributed by atoms with E-state index in [1.807, 2.05) is 31.2 Å². The van der Waals surface area contributed by atoms with Gasteiger partial charge in [-0.25, -0.2) is 4.98 Å². The van der Waals surface area contributed by atoms with E-state index < -0.39 is 6.10 Å². The molecule has 3 rings (SSSR count). The lowest BCUT2D eigenvalue weighted by atomic mass is 10.1. The van der Waals surface area contributed by atoms with Gasteiger partial charge in [0.2, 0.25) is 0 Å². The molecule has 0 bridgehead atoms. The van der Waals surface area contributed by atoms with E-state index in [1.54, 1.807) is 25.3 Å². The topological polar surface area (TPSA) is 54.4 Å². The molecular weight excluding hydrogens is 371 g/mol. The molecule has 0 aliphatic heterocycles. The number of hydrogen-bond acceptors (Lipinski definition) is 4. The van der Waals surface area contributed by atoms with Gasteiger partial charge in [-0.1, -0.05) is 41.4 Å². The normalized spacial score (nSPS) is 12.2. The minimum atomic E-state index is -0.624. The summed E-state index contributed by atoms with van der Waals surface area (Å²) in [6.07, 6.45) is -0.0915. The fourth-order valence-corrected chi connectivity index (χ4v) is 3.20. The molecule has 0 radical (unpaired) electrons. The zero-order valence-electron chi connectivity index (χ0n) is 14.6. The number of aliphatic hydroxyl groups is 1. The SMILES string of the molecule is COc1cccc2c(NCCC(O)c3ccc(Cl)c(Cl)c3)cc(C)nc12. The summed E-state index contributed by atoms with van der Waals surface area (Å²) >= 11 is 11.9. The van der Waals surface area contributed by atoms with Crippen LogP contribution >= 0.6 is 23.2 Å². The number of methoxy groups -OCH3 is 1. The van der Waals surface area contributed by atoms with Crippen LogP contribution in [0.5, 0.6) is 5.75 Å². The van der Waals surface area contributed by atoms with E-state index in [0.717, 1.165) is 33.6 Å². The molecule has 0 spiro atoms. The van der Waals surface area contributed by atoms with Crippen LogP contribution in [0.1, 0.15) is 23.8 Å². The second-order valence-electron chi connectivity index (χ2n) is 6.07. The molecule has 1 heterocycles. The fourth-order valence-electron chi connectivity index (χ4n) is 2.89. The third-order valence-electron chi connectivity index (χ3n) is 4.21. The molecule has 1 unspecified atom stereocenters. The minimum Gasteiger partial charge on any atom is -0.494 e. The number of aliphatic hydroxyl groups excluding tert-OH is 1. The third kappa shape index (κ3) is 4.04. The number of benzene rings is 2. The summed E-state index contributed by atoms with van der Waals surface area (Å²) in [6, 6.07) is 13.0. The van der Waals surface area contributed by atoms with Crippen LogP contribution in [0.3, 0.4) is 0 Å². The van der Waals surface area contributed by atoms with Crippen molar-refractivity contribution in [2.24, 2.45) is 0 Å². The molecule has 26 heavy (non-hydrogen) atoms. The number of ether oxygens (including phenoxy) is 1. The van der Waals surface area contributed by atoms with Crippen LogP contribution in [0.15, 0.2) is 42.5 Å². The van der Waals surface area contributed by atoms with E-state index in [4.69, 9.17) is 27.9 Å². The second-order valence-corrected chi connectivity index (χ2v) is 6.89. The Morgan fingerprint density at radius 1 is 1.15 bits per heavy atom. The number of nitrogens with zero attached hydrogens (tertiary/aromatic N) is 1. The van der Waals surface area contributed by atoms with E-state index >= 15 is 0 Å². The Hall–Kier alpha value is -2.01. The third-order valence-corrected chi connectivity index (χ3v) is 4.95. The Morgan fingerprint density at radius 3 is 2.69 bits per heavy atom. The average Bonchev–Trinajstić information content (AvgIpc) is 2.63. The number of pyridine rings is 1. The van der Waals surface area contributed by atoms with Crippen molar-refractivity contribution in [3.05, 3.63) is 63.8 Å². The highest BCUT2D eigenvalue weighted by Gasteiger charge is 2.11. The first-order valence-electron chi connectivity index (χ1n) is 8.31. The molecule has 0 saturated carbocycles. The molecule has 2 aromatic carbocycles. The largest absolute Gasteiger partial charge is 0.494 e. The first kappa shape index (κ1) is 18.8. The lowest BCUT2D eigenvalue weighted by Gasteiger charge is -2.15. The molecule has 0 fully saturated rings. The van der Waals surface area contributed by atoms with Gasteiger partial charge in [0, 0.05) is 23.3 Å². The zero-order chi connectivity index (χ0) is 18.7. The molecule has 0 aliphatic rings. The van der Waals surface area contributed by atoms with Gasteiger partial charge >= 0.3 is 0 Å². The Morgan fingerprint density at radius 2 is 1.96 bits per heavy atom. The van der Waals surface area contributed by atoms with Crippen LogP contribution in [0.4, 0.5) is 5.69 Å². The Bertz CT molecular complexity index is 931. The average molecular weight is 391 g/mol. The maximum Gasteiger partial charge on any atom is 0.145 e. The first-order chi connectivity index (χ1) is 12.5. The highest BCUT2D eigenvalue weighted by molar-refractivity contribution is 6.42. The highest BCUT2D eigenvalue weighted by atomic mass is 35.5. The van der Waals surface area contributed by atoms with E-state index in [2.05, 4.69) is 10.3 Å². The number of fused-ring (bicyclic) bond motifs is 1. The van der Waals surface area contributed by atoms with Crippen LogP contribution in [0.2, 0.25) is 10.0 Å². The van der Waals surface area contributed by atoms with Gasteiger partial charge in [-0.15, -0.1) is 0 Å². The molecule has 136 valence electrons. The molecular formula is C20H20Cl2N2O2. The Kier molecular flexibility index (Phi) is 5.87. The van der Waals surface area contributed by atoms with Gasteiger partial charge < -0.3 is 15.2 Å². The summed E-state index contributed by atoms with van der Waals surface area (Å²) < 4.78 is 5.41. The van der Waals surface area contributed by atoms with Gasteiger partial charge in [0.1, 0.15) is 11.3 Å². The van der Waals surface area contributed by atoms with Crippen LogP contribution < -0.4 is 10.1 Å². The number of nitrogens with one attached hydrogen (secondary N) is 1. The number of rotatable bonds is 6. The van der Waals surface area contributed by atoms with Crippen molar-refractivity contribution in [3.8, 4) is 5.75 Å². The lowest BCUT2D eigenvalue weighted by Crippen LogP contribution is -2.08. The van der Waals surface area contributed by atoms with Gasteiger partial charge in [-0.05, 0) is 43.2 Å². The number of halogens is 2. The summed E-state index contributed by atoms with van der Waals surface area (Å²) in [5.41, 5.74) is 3.43. The summed E-state index contributed by atoms with van der Waals surface area (Å²) in [5.74, 6) is 0.741. The van der Waals surface area contributed by atoms with Crippen LogP contribution in [-0.2, 0) is 0 Å². The van der Waals surface area contributed by atoms with Crippen molar-refractivity contribution in [1.29, 1.82) is 0 Å². The van der Waals surface area contributed by atoms with Crippen molar-refractivity contribution in [3.63, 3.8) is 0 Å². The molecule has 0 aliphatic carbocycles. The van der Waals surface area contributed by atoms with E-state index in [0.29, 0.717) is 23.0 Å². The summed E-state index contributed by atoms with van der Waals surface area (Å²) in [5, 5.41) is 15.7. The van der Waals surface area contributed by atoms with Gasteiger partial charge in [0.25, 0.3) is 0 Å². The number of anilines is 1. The quantitative estimate of drug-likeness (QED) is 0.591. The number of para-hydroxylation sites is 1. The monoisotopic (exact) mass is 390 g/mol. The predicted octanol–water partition coefficient (Wildman–Crippen LogP) is 5.39. The molecule has 0 amide bonds. The zero-order valence-corrected chi connectivity index (χ0v) is 16.1. The summed E-state index contributed by atoms with van der Waals surface area (Å²) in [4.78, 5) is 4.57. The number of aryl methyl sites for hydroxylation is 1. The summed E-state index contributed by atoms with van der Waals surface area (Å²) in [6.45, 7) is 2.54. The molecule has 1 aromatic heterocycles. The number of aromatic nitrogens is 1. The van der Waals surface area contributed by atoms with E-state index in [1.165, 1.54) is 0 Å². The van der Waals surface area contributed by atoms with Crippen LogP contribution in [-0.4, -0.2) is 23.7 Å². The molecule has 2 N–H and O–H groups in total. The molecule has 3 aromatic rings. The molecule has 6 heteroatoms. The predicted molar refractivity (Wildman–Crippen MR) is 108 cm³/mol. The van der Waals surface area contributed by atoms with Crippen molar-refractivity contribution >= 4 is 39.8 Å². The molecule has 1 atom stereocenters. The van der Waals surface area contributed by atoms with Crippen LogP contribution in [0, 0.1) is 6.92 Å².